The van der Waals surface area contributed by atoms with Gasteiger partial charge in [0, 0.05) is 16.9 Å². The van der Waals surface area contributed by atoms with E-state index >= 15 is 0 Å². The molecule has 11 nitrogen and oxygen atoms in total. The minimum atomic E-state index is -1.43. The number of thiazole rings is 1. The van der Waals surface area contributed by atoms with Crippen LogP contribution in [0.25, 0.3) is 0 Å². The van der Waals surface area contributed by atoms with Gasteiger partial charge in [-0.05, 0) is 24.0 Å². The van der Waals surface area contributed by atoms with E-state index in [1.165, 1.54) is 58.4 Å². The summed E-state index contributed by atoms with van der Waals surface area (Å²) < 4.78 is 4.82. The molecule has 2 atom stereocenters. The molecule has 0 aliphatic carbocycles. The van der Waals surface area contributed by atoms with Crippen molar-refractivity contribution in [2.45, 2.75) is 22.7 Å². The fourth-order valence-electron chi connectivity index (χ4n) is 3.10. The average Bonchev–Trinajstić information content (AvgIpc) is 3.45. The third kappa shape index (κ3) is 5.44. The summed E-state index contributed by atoms with van der Waals surface area (Å²) in [5.74, 6) is -1.23. The van der Waals surface area contributed by atoms with Crippen LogP contribution >= 0.6 is 46.4 Å². The second-order valence-electron chi connectivity index (χ2n) is 6.49. The van der Waals surface area contributed by atoms with Gasteiger partial charge in [0.2, 0.25) is 0 Å². The van der Waals surface area contributed by atoms with Crippen molar-refractivity contribution in [3.63, 3.8) is 0 Å². The van der Waals surface area contributed by atoms with Crippen molar-refractivity contribution in [1.82, 2.24) is 24.6 Å². The molecule has 33 heavy (non-hydrogen) atoms. The number of carbonyl (C=O) groups excluding carboxylic acids is 3. The molecule has 2 aromatic heterocycles. The van der Waals surface area contributed by atoms with Crippen molar-refractivity contribution >= 4 is 69.9 Å². The molecule has 0 spiro atoms. The van der Waals surface area contributed by atoms with Crippen molar-refractivity contribution in [3.05, 3.63) is 33.7 Å². The standard InChI is InChI=1S/C17H16N6O5S4.Na/c1-7-19-17(32-22-7)31-4-8-3-30-15-11(14(25)23(15)12(8)16(26)27)20-13(24)10(21-28-2)9-5-29-6-18-9;/h5-6,11,15H,3-4H2,1-2H3,(H,20,24)(H,26,27);/q;+1/p-1/b21-10+;/t11?,15-;/m1./s1. The van der Waals surface area contributed by atoms with Gasteiger partial charge in [0.25, 0.3) is 11.8 Å². The van der Waals surface area contributed by atoms with Gasteiger partial charge in [-0.2, -0.15) is 4.37 Å². The molecule has 1 N–H and O–H groups in total. The molecule has 4 heterocycles. The topological polar surface area (TPSA) is 150 Å². The summed E-state index contributed by atoms with van der Waals surface area (Å²) in [6.45, 7) is 1.78. The molecule has 0 bridgehead atoms. The van der Waals surface area contributed by atoms with E-state index in [0.717, 1.165) is 0 Å². The third-order valence-electron chi connectivity index (χ3n) is 4.48. The smallest absolute Gasteiger partial charge is 0.543 e. The van der Waals surface area contributed by atoms with Gasteiger partial charge < -0.3 is 20.1 Å². The van der Waals surface area contributed by atoms with Gasteiger partial charge in [0.05, 0.1) is 17.2 Å². The Morgan fingerprint density at radius 2 is 2.24 bits per heavy atom. The number of amides is 2. The van der Waals surface area contributed by atoms with Gasteiger partial charge in [0.15, 0.2) is 10.1 Å². The van der Waals surface area contributed by atoms with E-state index in [1.54, 1.807) is 17.8 Å². The summed E-state index contributed by atoms with van der Waals surface area (Å²) in [4.78, 5) is 51.6. The Bertz CT molecular complexity index is 1120. The minimum absolute atomic E-state index is 0. The van der Waals surface area contributed by atoms with Crippen molar-refractivity contribution in [1.29, 1.82) is 0 Å². The number of hydrogen-bond acceptors (Lipinski definition) is 13. The molecular weight excluding hydrogens is 519 g/mol. The molecule has 1 saturated heterocycles. The molecule has 2 aromatic rings. The van der Waals surface area contributed by atoms with Gasteiger partial charge in [-0.25, -0.2) is 9.97 Å². The first-order valence-corrected chi connectivity index (χ1v) is 12.8. The maximum Gasteiger partial charge on any atom is 1.00 e. The van der Waals surface area contributed by atoms with E-state index in [-0.39, 0.29) is 41.0 Å². The number of aryl methyl sites for hydroxylation is 1. The predicted molar refractivity (Wildman–Crippen MR) is 118 cm³/mol. The quantitative estimate of drug-likeness (QED) is 0.121. The van der Waals surface area contributed by atoms with Crippen LogP contribution < -0.4 is 40.0 Å². The van der Waals surface area contributed by atoms with Gasteiger partial charge in [-0.3, -0.25) is 14.5 Å². The maximum absolute atomic E-state index is 12.8. The SMILES string of the molecule is CO/N=C(/C(=O)NC1C(=O)N2C(C(=O)[O-])=C(CSc3nc(C)ns3)CS[C@H]12)c1cscn1.[Na+]. The number of hydrogen-bond donors (Lipinski definition) is 1. The van der Waals surface area contributed by atoms with Gasteiger partial charge in [0.1, 0.15) is 30.0 Å². The predicted octanol–water partition coefficient (Wildman–Crippen LogP) is -3.15. The molecule has 2 amide bonds. The third-order valence-corrected chi connectivity index (χ3v) is 8.42. The van der Waals surface area contributed by atoms with Gasteiger partial charge in [-0.15, -0.1) is 23.1 Å². The van der Waals surface area contributed by atoms with E-state index < -0.39 is 29.2 Å². The fraction of sp³-hybridized carbons (Fsp3) is 0.353. The molecule has 0 saturated carbocycles. The summed E-state index contributed by atoms with van der Waals surface area (Å²) in [6.07, 6.45) is 0. The number of rotatable bonds is 8. The zero-order chi connectivity index (χ0) is 22.8. The van der Waals surface area contributed by atoms with Crippen LogP contribution in [0.5, 0.6) is 0 Å². The molecule has 0 aromatic carbocycles. The van der Waals surface area contributed by atoms with Crippen LogP contribution in [-0.4, -0.2) is 72.8 Å². The molecule has 1 fully saturated rings. The zero-order valence-electron chi connectivity index (χ0n) is 17.6. The Morgan fingerprint density at radius 1 is 1.45 bits per heavy atom. The van der Waals surface area contributed by atoms with Crippen molar-refractivity contribution in [2.24, 2.45) is 5.16 Å². The summed E-state index contributed by atoms with van der Waals surface area (Å²) in [6, 6.07) is -0.900. The number of thioether (sulfide) groups is 2. The summed E-state index contributed by atoms with van der Waals surface area (Å²) in [7, 11) is 1.30. The molecule has 1 unspecified atom stereocenters. The largest absolute Gasteiger partial charge is 1.00 e. The Labute approximate surface area is 226 Å². The molecule has 0 radical (unpaired) electrons. The number of fused-ring (bicyclic) bond motifs is 1. The molecular formula is C17H15N6NaO5S4. The van der Waals surface area contributed by atoms with E-state index in [9.17, 15) is 19.5 Å². The Kier molecular flexibility index (Phi) is 8.94. The number of carboxylic acid groups (broad SMARTS) is 1. The minimum Gasteiger partial charge on any atom is -0.543 e. The van der Waals surface area contributed by atoms with E-state index in [1.807, 2.05) is 0 Å². The monoisotopic (exact) mass is 534 g/mol. The number of oxime groups is 1. The van der Waals surface area contributed by atoms with Crippen molar-refractivity contribution < 1.29 is 53.9 Å². The number of carbonyl (C=O) groups is 3. The van der Waals surface area contributed by atoms with Crippen LogP contribution in [0, 0.1) is 6.92 Å². The number of nitrogens with zero attached hydrogens (tertiary/aromatic N) is 5. The van der Waals surface area contributed by atoms with Crippen molar-refractivity contribution in [3.8, 4) is 0 Å². The van der Waals surface area contributed by atoms with E-state index in [4.69, 9.17) is 4.84 Å². The van der Waals surface area contributed by atoms with Gasteiger partial charge >= 0.3 is 29.6 Å². The second-order valence-corrected chi connectivity index (χ2v) is 10.3. The Balaban J connectivity index is 0.00000306. The number of aliphatic carboxylic acids is 1. The van der Waals surface area contributed by atoms with Crippen LogP contribution in [0.1, 0.15) is 11.5 Å². The molecule has 4 rings (SSSR count). The first-order chi connectivity index (χ1) is 15.4. The first kappa shape index (κ1) is 26.1. The van der Waals surface area contributed by atoms with Gasteiger partial charge in [-0.1, -0.05) is 16.9 Å². The fourth-order valence-corrected chi connectivity index (χ4v) is 6.77. The van der Waals surface area contributed by atoms with Crippen LogP contribution in [0.15, 0.2) is 31.7 Å². The van der Waals surface area contributed by atoms with E-state index in [0.29, 0.717) is 32.9 Å². The number of carboxylic acids is 1. The Hall–Kier alpha value is -1.49. The molecule has 2 aliphatic heterocycles. The van der Waals surface area contributed by atoms with E-state index in [2.05, 4.69) is 24.8 Å². The molecule has 168 valence electrons. The summed E-state index contributed by atoms with van der Waals surface area (Å²) in [5.41, 5.74) is 2.20. The molecule has 16 heteroatoms. The molecule has 2 aliphatic rings. The Morgan fingerprint density at radius 3 is 2.85 bits per heavy atom. The van der Waals surface area contributed by atoms with Crippen molar-refractivity contribution in [2.75, 3.05) is 18.6 Å². The summed E-state index contributed by atoms with van der Waals surface area (Å²) >= 11 is 5.24. The zero-order valence-corrected chi connectivity index (χ0v) is 22.9. The average molecular weight is 535 g/mol. The normalized spacial score (nSPS) is 20.0. The van der Waals surface area contributed by atoms with Crippen LogP contribution in [0.2, 0.25) is 0 Å². The van der Waals surface area contributed by atoms with Crippen LogP contribution in [-0.2, 0) is 19.2 Å². The second kappa shape index (κ2) is 11.3. The number of aromatic nitrogens is 3. The van der Waals surface area contributed by atoms with Crippen LogP contribution in [0.3, 0.4) is 0 Å². The number of nitrogens with one attached hydrogen (secondary N) is 1. The maximum atomic E-state index is 12.8. The number of β-lactam (4-membered cyclic amide) rings is 1. The van der Waals surface area contributed by atoms with Crippen LogP contribution in [0.4, 0.5) is 0 Å². The summed E-state index contributed by atoms with van der Waals surface area (Å²) in [5, 5.41) is 19.3. The first-order valence-electron chi connectivity index (χ1n) is 9.02.